The molecule has 0 aliphatic heterocycles. The Bertz CT molecular complexity index is 689. The lowest BCUT2D eigenvalue weighted by atomic mass is 10.2. The fraction of sp³-hybridized carbons (Fsp3) is 0.188. The number of anilines is 1. The van der Waals surface area contributed by atoms with E-state index in [0.29, 0.717) is 11.3 Å². The van der Waals surface area contributed by atoms with Gasteiger partial charge in [0.15, 0.2) is 0 Å². The van der Waals surface area contributed by atoms with Crippen molar-refractivity contribution >= 4 is 29.0 Å². The number of non-ortho nitro benzene ring substituents is 1. The molecule has 0 aromatic heterocycles. The van der Waals surface area contributed by atoms with Crippen molar-refractivity contribution in [2.75, 3.05) is 11.1 Å². The van der Waals surface area contributed by atoms with Gasteiger partial charge in [0.2, 0.25) is 0 Å². The summed E-state index contributed by atoms with van der Waals surface area (Å²) in [5.41, 5.74) is 0.938. The molecule has 2 aromatic rings. The first-order valence-corrected chi connectivity index (χ1v) is 7.88. The zero-order valence-corrected chi connectivity index (χ0v) is 12.9. The van der Waals surface area contributed by atoms with E-state index in [2.05, 4.69) is 12.2 Å². The molecule has 6 heteroatoms. The van der Waals surface area contributed by atoms with Gasteiger partial charge in [-0.2, -0.15) is 0 Å². The van der Waals surface area contributed by atoms with Crippen LogP contribution in [-0.4, -0.2) is 16.6 Å². The molecular formula is C16H16N2O3S. The average Bonchev–Trinajstić information content (AvgIpc) is 2.53. The lowest BCUT2D eigenvalue weighted by Crippen LogP contribution is -2.13. The molecule has 0 fully saturated rings. The highest BCUT2D eigenvalue weighted by atomic mass is 32.2. The Labute approximate surface area is 132 Å². The zero-order valence-electron chi connectivity index (χ0n) is 12.1. The van der Waals surface area contributed by atoms with E-state index in [9.17, 15) is 14.9 Å². The number of nitrogens with one attached hydrogen (secondary N) is 1. The quantitative estimate of drug-likeness (QED) is 0.488. The van der Waals surface area contributed by atoms with Gasteiger partial charge >= 0.3 is 0 Å². The molecule has 0 aliphatic rings. The molecule has 0 unspecified atom stereocenters. The highest BCUT2D eigenvalue weighted by Crippen LogP contribution is 2.25. The fourth-order valence-corrected chi connectivity index (χ4v) is 2.80. The summed E-state index contributed by atoms with van der Waals surface area (Å²) in [4.78, 5) is 23.6. The summed E-state index contributed by atoms with van der Waals surface area (Å²) >= 11 is 1.62. The molecule has 0 aliphatic carbocycles. The Morgan fingerprint density at radius 1 is 1.23 bits per heavy atom. The first-order valence-electron chi connectivity index (χ1n) is 6.89. The van der Waals surface area contributed by atoms with Crippen LogP contribution in [0.25, 0.3) is 0 Å². The Hall–Kier alpha value is -2.34. The molecule has 2 rings (SSSR count). The Morgan fingerprint density at radius 2 is 2.00 bits per heavy atom. The number of thioether (sulfide) groups is 1. The van der Waals surface area contributed by atoms with Crippen LogP contribution in [0.1, 0.15) is 23.7 Å². The number of rotatable bonds is 6. The normalized spacial score (nSPS) is 10.2. The minimum atomic E-state index is -0.485. The average molecular weight is 316 g/mol. The van der Waals surface area contributed by atoms with Gasteiger partial charge in [-0.3, -0.25) is 14.9 Å². The van der Waals surface area contributed by atoms with E-state index >= 15 is 0 Å². The van der Waals surface area contributed by atoms with E-state index in [-0.39, 0.29) is 11.6 Å². The van der Waals surface area contributed by atoms with E-state index in [1.807, 2.05) is 12.1 Å². The third kappa shape index (κ3) is 4.08. The van der Waals surface area contributed by atoms with Gasteiger partial charge in [0.25, 0.3) is 11.6 Å². The summed E-state index contributed by atoms with van der Waals surface area (Å²) in [7, 11) is 0. The molecule has 0 radical (unpaired) electrons. The summed E-state index contributed by atoms with van der Waals surface area (Å²) < 4.78 is 0. The van der Waals surface area contributed by atoms with Crippen LogP contribution in [0.4, 0.5) is 11.4 Å². The molecule has 0 saturated carbocycles. The lowest BCUT2D eigenvalue weighted by Gasteiger charge is -2.09. The molecule has 0 saturated heterocycles. The molecule has 2 aromatic carbocycles. The van der Waals surface area contributed by atoms with Crippen LogP contribution < -0.4 is 5.32 Å². The van der Waals surface area contributed by atoms with Crippen molar-refractivity contribution in [2.24, 2.45) is 0 Å². The maximum atomic E-state index is 12.4. The number of hydrogen-bond donors (Lipinski definition) is 1. The van der Waals surface area contributed by atoms with Crippen LogP contribution in [0.5, 0.6) is 0 Å². The number of nitro benzene ring substituents is 1. The zero-order chi connectivity index (χ0) is 15.9. The second-order valence-electron chi connectivity index (χ2n) is 4.61. The van der Waals surface area contributed by atoms with Gasteiger partial charge in [0.05, 0.1) is 10.5 Å². The van der Waals surface area contributed by atoms with Gasteiger partial charge in [0, 0.05) is 22.7 Å². The molecule has 0 spiro atoms. The molecule has 5 nitrogen and oxygen atoms in total. The minimum absolute atomic E-state index is 0.0496. The molecule has 1 N–H and O–H groups in total. The van der Waals surface area contributed by atoms with Crippen molar-refractivity contribution in [3.05, 3.63) is 64.2 Å². The fourth-order valence-electron chi connectivity index (χ4n) is 1.89. The van der Waals surface area contributed by atoms with E-state index in [1.165, 1.54) is 12.1 Å². The third-order valence-corrected chi connectivity index (χ3v) is 4.19. The first-order chi connectivity index (χ1) is 10.6. The summed E-state index contributed by atoms with van der Waals surface area (Å²) in [6.07, 6.45) is 1.02. The van der Waals surface area contributed by atoms with E-state index in [0.717, 1.165) is 17.1 Å². The predicted molar refractivity (Wildman–Crippen MR) is 88.5 cm³/mol. The summed E-state index contributed by atoms with van der Waals surface area (Å²) in [6, 6.07) is 13.3. The van der Waals surface area contributed by atoms with Crippen molar-refractivity contribution in [1.82, 2.24) is 0 Å². The van der Waals surface area contributed by atoms with E-state index < -0.39 is 4.92 Å². The summed E-state index contributed by atoms with van der Waals surface area (Å²) in [6.45, 7) is 2.08. The number of nitrogens with zero attached hydrogens (tertiary/aromatic N) is 1. The van der Waals surface area contributed by atoms with Gasteiger partial charge < -0.3 is 5.32 Å². The van der Waals surface area contributed by atoms with Gasteiger partial charge in [-0.15, -0.1) is 11.8 Å². The van der Waals surface area contributed by atoms with Crippen LogP contribution in [-0.2, 0) is 0 Å². The van der Waals surface area contributed by atoms with Crippen molar-refractivity contribution in [3.8, 4) is 0 Å². The van der Waals surface area contributed by atoms with Crippen LogP contribution in [0.15, 0.2) is 53.4 Å². The van der Waals surface area contributed by atoms with Crippen molar-refractivity contribution in [3.63, 3.8) is 0 Å². The van der Waals surface area contributed by atoms with Gasteiger partial charge in [-0.25, -0.2) is 0 Å². The molecule has 1 amide bonds. The number of hydrogen-bond acceptors (Lipinski definition) is 4. The third-order valence-electron chi connectivity index (χ3n) is 2.91. The highest BCUT2D eigenvalue weighted by Gasteiger charge is 2.13. The topological polar surface area (TPSA) is 72.2 Å². The van der Waals surface area contributed by atoms with E-state index in [4.69, 9.17) is 0 Å². The number of carbonyl (C=O) groups is 1. The largest absolute Gasteiger partial charge is 0.322 e. The molecular weight excluding hydrogens is 300 g/mol. The maximum absolute atomic E-state index is 12.4. The van der Waals surface area contributed by atoms with Crippen molar-refractivity contribution in [1.29, 1.82) is 0 Å². The number of carbonyl (C=O) groups excluding carboxylic acids is 1. The summed E-state index contributed by atoms with van der Waals surface area (Å²) in [5, 5.41) is 13.5. The number of nitro groups is 1. The maximum Gasteiger partial charge on any atom is 0.271 e. The van der Waals surface area contributed by atoms with Crippen LogP contribution in [0, 0.1) is 10.1 Å². The molecule has 0 atom stereocenters. The molecule has 0 heterocycles. The number of amides is 1. The first kappa shape index (κ1) is 16.0. The Morgan fingerprint density at radius 3 is 2.73 bits per heavy atom. The smallest absolute Gasteiger partial charge is 0.271 e. The van der Waals surface area contributed by atoms with Gasteiger partial charge in [-0.1, -0.05) is 25.1 Å². The van der Waals surface area contributed by atoms with Crippen LogP contribution in [0.3, 0.4) is 0 Å². The minimum Gasteiger partial charge on any atom is -0.322 e. The highest BCUT2D eigenvalue weighted by molar-refractivity contribution is 7.99. The van der Waals surface area contributed by atoms with Crippen LogP contribution >= 0.6 is 11.8 Å². The SMILES string of the molecule is CCCSc1ccccc1C(=O)Nc1cccc([N+](=O)[O-])c1. The standard InChI is InChI=1S/C16H16N2O3S/c1-2-10-22-15-9-4-3-8-14(15)16(19)17-12-6-5-7-13(11-12)18(20)21/h3-9,11H,2,10H2,1H3,(H,17,19). The molecule has 22 heavy (non-hydrogen) atoms. The Balaban J connectivity index is 2.19. The van der Waals surface area contributed by atoms with Crippen molar-refractivity contribution in [2.45, 2.75) is 18.2 Å². The second kappa shape index (κ2) is 7.61. The second-order valence-corrected chi connectivity index (χ2v) is 5.74. The predicted octanol–water partition coefficient (Wildman–Crippen LogP) is 4.35. The van der Waals surface area contributed by atoms with E-state index in [1.54, 1.807) is 36.0 Å². The van der Waals surface area contributed by atoms with Crippen molar-refractivity contribution < 1.29 is 9.72 Å². The van der Waals surface area contributed by atoms with Crippen LogP contribution in [0.2, 0.25) is 0 Å². The molecule has 0 bridgehead atoms. The molecule has 114 valence electrons. The lowest BCUT2D eigenvalue weighted by molar-refractivity contribution is -0.384. The Kier molecular flexibility index (Phi) is 5.55. The summed E-state index contributed by atoms with van der Waals surface area (Å²) in [5.74, 6) is 0.667. The number of benzene rings is 2. The monoisotopic (exact) mass is 316 g/mol. The van der Waals surface area contributed by atoms with Gasteiger partial charge in [0.1, 0.15) is 0 Å². The van der Waals surface area contributed by atoms with Gasteiger partial charge in [-0.05, 0) is 30.4 Å².